The third-order valence-corrected chi connectivity index (χ3v) is 5.33. The lowest BCUT2D eigenvalue weighted by atomic mass is 9.77. The maximum Gasteiger partial charge on any atom is 0.251 e. The molecule has 1 aromatic heterocycles. The first-order valence-corrected chi connectivity index (χ1v) is 9.64. The molecule has 0 aliphatic heterocycles. The van der Waals surface area contributed by atoms with Crippen LogP contribution >= 0.6 is 0 Å². The molecular formula is C22H27N3O2. The minimum atomic E-state index is -0.0966. The predicted octanol–water partition coefficient (Wildman–Crippen LogP) is 3.50. The molecule has 5 heteroatoms. The fraction of sp³-hybridized carbons (Fsp3) is 0.409. The van der Waals surface area contributed by atoms with Crippen LogP contribution in [0.1, 0.15) is 54.7 Å². The number of benzene rings is 1. The Morgan fingerprint density at radius 3 is 2.37 bits per heavy atom. The van der Waals surface area contributed by atoms with Crippen LogP contribution in [0.15, 0.2) is 54.7 Å². The second-order valence-corrected chi connectivity index (χ2v) is 7.29. The highest BCUT2D eigenvalue weighted by molar-refractivity contribution is 5.94. The molecule has 1 heterocycles. The monoisotopic (exact) mass is 365 g/mol. The lowest BCUT2D eigenvalue weighted by molar-refractivity contribution is -0.119. The van der Waals surface area contributed by atoms with Crippen molar-refractivity contribution in [3.8, 4) is 0 Å². The third-order valence-electron chi connectivity index (χ3n) is 5.33. The highest BCUT2D eigenvalue weighted by Crippen LogP contribution is 2.36. The third kappa shape index (κ3) is 5.39. The summed E-state index contributed by atoms with van der Waals surface area (Å²) < 4.78 is 0. The van der Waals surface area contributed by atoms with Crippen LogP contribution < -0.4 is 10.6 Å². The summed E-state index contributed by atoms with van der Waals surface area (Å²) in [5.74, 6) is 0.825. The first-order chi connectivity index (χ1) is 13.1. The van der Waals surface area contributed by atoms with Crippen molar-refractivity contribution in [1.29, 1.82) is 0 Å². The molecule has 0 saturated heterocycles. The predicted molar refractivity (Wildman–Crippen MR) is 105 cm³/mol. The van der Waals surface area contributed by atoms with E-state index in [4.69, 9.17) is 0 Å². The summed E-state index contributed by atoms with van der Waals surface area (Å²) in [5.41, 5.74) is 1.57. The minimum Gasteiger partial charge on any atom is -0.356 e. The number of carbonyl (C=O) groups is 2. The highest BCUT2D eigenvalue weighted by atomic mass is 16.2. The zero-order chi connectivity index (χ0) is 19.1. The SMILES string of the molecule is CC(=O)NCC1CCC([C@H](NC(=O)c2ccccc2)c2ccccn2)CC1. The van der Waals surface area contributed by atoms with Crippen LogP contribution in [-0.2, 0) is 4.79 Å². The van der Waals surface area contributed by atoms with Crippen LogP contribution in [0, 0.1) is 11.8 Å². The van der Waals surface area contributed by atoms with Gasteiger partial charge in [-0.2, -0.15) is 0 Å². The normalized spacial score (nSPS) is 20.5. The molecule has 0 spiro atoms. The van der Waals surface area contributed by atoms with Crippen LogP contribution in [0.4, 0.5) is 0 Å². The maximum atomic E-state index is 12.7. The summed E-state index contributed by atoms with van der Waals surface area (Å²) in [6.45, 7) is 2.30. The molecule has 2 amide bonds. The molecule has 2 aromatic rings. The summed E-state index contributed by atoms with van der Waals surface area (Å²) in [4.78, 5) is 28.4. The van der Waals surface area contributed by atoms with Crippen molar-refractivity contribution in [3.05, 3.63) is 66.0 Å². The van der Waals surface area contributed by atoms with Crippen molar-refractivity contribution >= 4 is 11.8 Å². The smallest absolute Gasteiger partial charge is 0.251 e. The Kier molecular flexibility index (Phi) is 6.58. The van der Waals surface area contributed by atoms with Gasteiger partial charge in [0.15, 0.2) is 0 Å². The van der Waals surface area contributed by atoms with Gasteiger partial charge in [0.1, 0.15) is 0 Å². The quantitative estimate of drug-likeness (QED) is 0.823. The second-order valence-electron chi connectivity index (χ2n) is 7.29. The van der Waals surface area contributed by atoms with Crippen molar-refractivity contribution in [2.45, 2.75) is 38.6 Å². The summed E-state index contributed by atoms with van der Waals surface area (Å²) in [6, 6.07) is 15.1. The van der Waals surface area contributed by atoms with Crippen LogP contribution in [0.25, 0.3) is 0 Å². The van der Waals surface area contributed by atoms with Gasteiger partial charge in [-0.15, -0.1) is 0 Å². The van der Waals surface area contributed by atoms with E-state index in [2.05, 4.69) is 15.6 Å². The molecule has 142 valence electrons. The van der Waals surface area contributed by atoms with E-state index in [9.17, 15) is 9.59 Å². The number of hydrogen-bond acceptors (Lipinski definition) is 3. The van der Waals surface area contributed by atoms with E-state index in [1.165, 1.54) is 0 Å². The van der Waals surface area contributed by atoms with Gasteiger partial charge < -0.3 is 10.6 Å². The topological polar surface area (TPSA) is 71.1 Å². The van der Waals surface area contributed by atoms with Gasteiger partial charge in [-0.05, 0) is 61.8 Å². The maximum absolute atomic E-state index is 12.7. The number of pyridine rings is 1. The zero-order valence-electron chi connectivity index (χ0n) is 15.7. The Morgan fingerprint density at radius 2 is 1.74 bits per heavy atom. The molecule has 3 rings (SSSR count). The first kappa shape index (κ1) is 19.1. The average molecular weight is 365 g/mol. The highest BCUT2D eigenvalue weighted by Gasteiger charge is 2.30. The Bertz CT molecular complexity index is 741. The Hall–Kier alpha value is -2.69. The molecular weight excluding hydrogens is 338 g/mol. The van der Waals surface area contributed by atoms with E-state index in [0.29, 0.717) is 17.4 Å². The molecule has 1 aliphatic rings. The average Bonchev–Trinajstić information content (AvgIpc) is 2.72. The van der Waals surface area contributed by atoms with E-state index in [-0.39, 0.29) is 17.9 Å². The molecule has 0 radical (unpaired) electrons. The van der Waals surface area contributed by atoms with Crippen LogP contribution in [0.2, 0.25) is 0 Å². The summed E-state index contributed by atoms with van der Waals surface area (Å²) in [6.07, 6.45) is 5.91. The van der Waals surface area contributed by atoms with Gasteiger partial charge in [-0.3, -0.25) is 14.6 Å². The van der Waals surface area contributed by atoms with Crippen molar-refractivity contribution < 1.29 is 9.59 Å². The lowest BCUT2D eigenvalue weighted by Crippen LogP contribution is -2.37. The molecule has 1 atom stereocenters. The van der Waals surface area contributed by atoms with Crippen LogP contribution in [0.5, 0.6) is 0 Å². The summed E-state index contributed by atoms with van der Waals surface area (Å²) in [5, 5.41) is 6.14. The minimum absolute atomic E-state index is 0.0265. The molecule has 1 fully saturated rings. The molecule has 1 aromatic carbocycles. The molecule has 0 unspecified atom stereocenters. The number of nitrogens with one attached hydrogen (secondary N) is 2. The van der Waals surface area contributed by atoms with E-state index in [0.717, 1.165) is 37.9 Å². The Labute approximate surface area is 160 Å². The van der Waals surface area contributed by atoms with Gasteiger partial charge >= 0.3 is 0 Å². The van der Waals surface area contributed by atoms with Gasteiger partial charge in [-0.25, -0.2) is 0 Å². The fourth-order valence-electron chi connectivity index (χ4n) is 3.82. The summed E-state index contributed by atoms with van der Waals surface area (Å²) >= 11 is 0. The second kappa shape index (κ2) is 9.31. The summed E-state index contributed by atoms with van der Waals surface area (Å²) in [7, 11) is 0. The van der Waals surface area contributed by atoms with Gasteiger partial charge in [0.05, 0.1) is 11.7 Å². The number of rotatable bonds is 6. The number of amides is 2. The van der Waals surface area contributed by atoms with Gasteiger partial charge in [0.25, 0.3) is 5.91 Å². The van der Waals surface area contributed by atoms with Crippen molar-refractivity contribution in [1.82, 2.24) is 15.6 Å². The first-order valence-electron chi connectivity index (χ1n) is 9.64. The van der Waals surface area contributed by atoms with Gasteiger partial charge in [0.2, 0.25) is 5.91 Å². The molecule has 2 N–H and O–H groups in total. The lowest BCUT2D eigenvalue weighted by Gasteiger charge is -2.34. The Morgan fingerprint density at radius 1 is 1.04 bits per heavy atom. The fourth-order valence-corrected chi connectivity index (χ4v) is 3.82. The largest absolute Gasteiger partial charge is 0.356 e. The number of carbonyl (C=O) groups excluding carboxylic acids is 2. The van der Waals surface area contributed by atoms with Gasteiger partial charge in [0, 0.05) is 25.2 Å². The van der Waals surface area contributed by atoms with Crippen molar-refractivity contribution in [3.63, 3.8) is 0 Å². The molecule has 5 nitrogen and oxygen atoms in total. The molecule has 1 aliphatic carbocycles. The van der Waals surface area contributed by atoms with Crippen molar-refractivity contribution in [2.75, 3.05) is 6.54 Å². The molecule has 0 bridgehead atoms. The number of hydrogen-bond donors (Lipinski definition) is 2. The van der Waals surface area contributed by atoms with E-state index in [1.807, 2.05) is 48.5 Å². The van der Waals surface area contributed by atoms with E-state index in [1.54, 1.807) is 13.1 Å². The zero-order valence-corrected chi connectivity index (χ0v) is 15.7. The van der Waals surface area contributed by atoms with E-state index < -0.39 is 0 Å². The number of nitrogens with zero attached hydrogens (tertiary/aromatic N) is 1. The molecule has 1 saturated carbocycles. The van der Waals surface area contributed by atoms with Gasteiger partial charge in [-0.1, -0.05) is 24.3 Å². The van der Waals surface area contributed by atoms with Crippen LogP contribution in [0.3, 0.4) is 0 Å². The molecule has 27 heavy (non-hydrogen) atoms. The van der Waals surface area contributed by atoms with E-state index >= 15 is 0 Å². The van der Waals surface area contributed by atoms with Crippen LogP contribution in [-0.4, -0.2) is 23.3 Å². The van der Waals surface area contributed by atoms with Crippen molar-refractivity contribution in [2.24, 2.45) is 11.8 Å². The number of aromatic nitrogens is 1. The standard InChI is InChI=1S/C22H27N3O2/c1-16(26)24-15-17-10-12-18(13-11-17)21(20-9-5-6-14-23-20)25-22(27)19-7-3-2-4-8-19/h2-9,14,17-18,21H,10-13,15H2,1H3,(H,24,26)(H,25,27)/t17?,18?,21-/m0/s1. The Balaban J connectivity index is 1.68.